The molecule has 0 bridgehead atoms. The number of fused-ring (bicyclic) bond motifs is 2. The Balaban J connectivity index is 1.17. The van der Waals surface area contributed by atoms with Gasteiger partial charge >= 0.3 is 5.97 Å². The van der Waals surface area contributed by atoms with Crippen molar-refractivity contribution in [2.45, 2.75) is 76.3 Å². The minimum absolute atomic E-state index is 0.0469. The second-order valence-electron chi connectivity index (χ2n) is 16.1. The molecule has 296 valence electrons. The van der Waals surface area contributed by atoms with Crippen molar-refractivity contribution >= 4 is 53.1 Å². The molecule has 0 aromatic carbocycles. The first-order valence-electron chi connectivity index (χ1n) is 18.9. The monoisotopic (exact) mass is 769 g/mol. The normalized spacial score (nSPS) is 32.5. The molecule has 1 saturated heterocycles. The van der Waals surface area contributed by atoms with Crippen LogP contribution in [0, 0.1) is 22.7 Å². The van der Waals surface area contributed by atoms with Crippen LogP contribution in [0.25, 0.3) is 17.2 Å². The molecule has 1 amide bonds. The highest BCUT2D eigenvalue weighted by molar-refractivity contribution is 6.04. The number of pyridine rings is 1. The van der Waals surface area contributed by atoms with E-state index in [0.29, 0.717) is 56.1 Å². The van der Waals surface area contributed by atoms with Gasteiger partial charge in [-0.3, -0.25) is 19.9 Å². The Bertz CT molecular complexity index is 2250. The van der Waals surface area contributed by atoms with Crippen LogP contribution < -0.4 is 27.2 Å². The molecular formula is C38H47N11O7. The number of aromatic nitrogens is 5. The summed E-state index contributed by atoms with van der Waals surface area (Å²) in [5.41, 5.74) is 3.95. The first-order chi connectivity index (χ1) is 26.8. The number of nitrogens with zero attached hydrogens (tertiary/aromatic N) is 6. The molecule has 3 aromatic heterocycles. The zero-order chi connectivity index (χ0) is 39.6. The fraction of sp³-hybridized carbons (Fsp3) is 0.526. The van der Waals surface area contributed by atoms with Gasteiger partial charge in [-0.15, -0.1) is 0 Å². The second kappa shape index (κ2) is 14.0. The zero-order valence-electron chi connectivity index (χ0n) is 31.7. The van der Waals surface area contributed by atoms with E-state index in [-0.39, 0.29) is 59.2 Å². The Morgan fingerprint density at radius 3 is 2.75 bits per heavy atom. The number of H-pyrrole nitrogens is 1. The summed E-state index contributed by atoms with van der Waals surface area (Å²) in [4.78, 5) is 63.7. The van der Waals surface area contributed by atoms with Gasteiger partial charge in [0, 0.05) is 37.0 Å². The summed E-state index contributed by atoms with van der Waals surface area (Å²) in [6.07, 6.45) is 7.82. The number of imidazole rings is 1. The van der Waals surface area contributed by atoms with Crippen molar-refractivity contribution in [1.82, 2.24) is 35.1 Å². The van der Waals surface area contributed by atoms with Crippen molar-refractivity contribution in [3.05, 3.63) is 58.0 Å². The third-order valence-corrected chi connectivity index (χ3v) is 12.8. The SMILES string of the molecule is CC(NC1CC2[C@](C)(CC[C@@H](O)[C@@]2(C)CO)C(CC(Nc2ccccn2)C2=C/C(=C\c3nc4c(=O)[nH]c(N)nc4n3C)OC2=O)C12CO2)C(=O)NC1=NCC=N1. The number of nitrogens with two attached hydrogens (primary N) is 1. The summed E-state index contributed by atoms with van der Waals surface area (Å²) in [6, 6.07) is 3.82. The number of cyclic esters (lactones) is 1. The topological polar surface area (TPSA) is 260 Å². The highest BCUT2D eigenvalue weighted by Gasteiger charge is 2.71. The molecule has 8 N–H and O–H groups in total. The number of hydrogen-bond donors (Lipinski definition) is 7. The Morgan fingerprint density at radius 1 is 1.25 bits per heavy atom. The number of aliphatic imine (C=N–C) groups is 2. The number of aromatic amines is 1. The van der Waals surface area contributed by atoms with Crippen LogP contribution in [0.15, 0.2) is 56.6 Å². The smallest absolute Gasteiger partial charge is 0.341 e. The highest BCUT2D eigenvalue weighted by atomic mass is 16.6. The Hall–Kier alpha value is -5.30. The van der Waals surface area contributed by atoms with E-state index >= 15 is 0 Å². The predicted molar refractivity (Wildman–Crippen MR) is 206 cm³/mol. The fourth-order valence-corrected chi connectivity index (χ4v) is 9.68. The average Bonchev–Trinajstić information content (AvgIpc) is 3.43. The van der Waals surface area contributed by atoms with Crippen molar-refractivity contribution in [3.63, 3.8) is 0 Å². The van der Waals surface area contributed by atoms with E-state index in [0.717, 1.165) is 0 Å². The van der Waals surface area contributed by atoms with Gasteiger partial charge in [0.15, 0.2) is 11.2 Å². The van der Waals surface area contributed by atoms with Gasteiger partial charge in [0.05, 0.1) is 43.5 Å². The maximum absolute atomic E-state index is 13.9. The molecule has 9 atom stereocenters. The molecule has 5 aliphatic rings. The third kappa shape index (κ3) is 6.39. The number of carbonyl (C=O) groups is 2. The fourth-order valence-electron chi connectivity index (χ4n) is 9.68. The van der Waals surface area contributed by atoms with E-state index < -0.39 is 46.1 Å². The second-order valence-corrected chi connectivity index (χ2v) is 16.1. The van der Waals surface area contributed by atoms with Gasteiger partial charge in [-0.1, -0.05) is 19.9 Å². The number of esters is 1. The van der Waals surface area contributed by atoms with Crippen molar-refractivity contribution < 1.29 is 29.3 Å². The molecule has 0 radical (unpaired) electrons. The van der Waals surface area contributed by atoms with Gasteiger partial charge < -0.3 is 40.6 Å². The highest BCUT2D eigenvalue weighted by Crippen LogP contribution is 2.66. The number of rotatable bonds is 10. The van der Waals surface area contributed by atoms with Crippen molar-refractivity contribution in [1.29, 1.82) is 0 Å². The van der Waals surface area contributed by atoms with E-state index in [1.165, 1.54) is 0 Å². The third-order valence-electron chi connectivity index (χ3n) is 12.8. The van der Waals surface area contributed by atoms with Gasteiger partial charge in [-0.25, -0.2) is 24.7 Å². The largest absolute Gasteiger partial charge is 0.423 e. The van der Waals surface area contributed by atoms with Crippen molar-refractivity contribution in [2.24, 2.45) is 39.7 Å². The number of allylic oxidation sites excluding steroid dienone is 1. The minimum Gasteiger partial charge on any atom is -0.423 e. The van der Waals surface area contributed by atoms with Crippen molar-refractivity contribution in [3.8, 4) is 0 Å². The molecule has 3 fully saturated rings. The molecule has 6 heterocycles. The number of epoxide rings is 1. The van der Waals surface area contributed by atoms with Gasteiger partial charge in [0.1, 0.15) is 23.0 Å². The van der Waals surface area contributed by atoms with E-state index in [9.17, 15) is 24.6 Å². The van der Waals surface area contributed by atoms with Crippen molar-refractivity contribution in [2.75, 3.05) is 30.8 Å². The lowest BCUT2D eigenvalue weighted by molar-refractivity contribution is -0.184. The Morgan fingerprint density at radius 2 is 2.05 bits per heavy atom. The summed E-state index contributed by atoms with van der Waals surface area (Å²) in [6.45, 7) is 6.50. The number of ether oxygens (including phenoxy) is 2. The number of guanidine groups is 1. The van der Waals surface area contributed by atoms with Gasteiger partial charge in [0.25, 0.3) is 5.56 Å². The number of carbonyl (C=O) groups excluding carboxylic acids is 2. The van der Waals surface area contributed by atoms with Crippen LogP contribution in [0.3, 0.4) is 0 Å². The minimum atomic E-state index is -0.849. The number of aliphatic hydroxyl groups excluding tert-OH is 2. The molecule has 1 spiro atoms. The average molecular weight is 770 g/mol. The Kier molecular flexibility index (Phi) is 9.42. The lowest BCUT2D eigenvalue weighted by Gasteiger charge is -2.63. The molecule has 3 aromatic rings. The molecule has 18 heteroatoms. The van der Waals surface area contributed by atoms with E-state index in [4.69, 9.17) is 15.2 Å². The summed E-state index contributed by atoms with van der Waals surface area (Å²) >= 11 is 0. The molecule has 2 aliphatic carbocycles. The van der Waals surface area contributed by atoms with Gasteiger partial charge in [-0.2, -0.15) is 4.98 Å². The van der Waals surface area contributed by atoms with E-state index in [1.807, 2.05) is 19.1 Å². The number of amides is 1. The Labute approximate surface area is 321 Å². The number of nitrogen functional groups attached to an aromatic ring is 1. The van der Waals surface area contributed by atoms with Crippen LogP contribution in [0.2, 0.25) is 0 Å². The first-order valence-corrected chi connectivity index (χ1v) is 18.9. The number of nitrogens with one attached hydrogen (secondary N) is 4. The summed E-state index contributed by atoms with van der Waals surface area (Å²) in [5, 5.41) is 32.2. The van der Waals surface area contributed by atoms with Crippen LogP contribution >= 0.6 is 0 Å². The summed E-state index contributed by atoms with van der Waals surface area (Å²) in [7, 11) is 1.68. The summed E-state index contributed by atoms with van der Waals surface area (Å²) < 4.78 is 13.9. The van der Waals surface area contributed by atoms with Crippen LogP contribution in [-0.2, 0) is 26.1 Å². The maximum atomic E-state index is 13.9. The van der Waals surface area contributed by atoms with Gasteiger partial charge in [-0.05, 0) is 68.1 Å². The lowest BCUT2D eigenvalue weighted by Crippen LogP contribution is -2.68. The molecule has 18 nitrogen and oxygen atoms in total. The zero-order valence-corrected chi connectivity index (χ0v) is 31.7. The number of aryl methyl sites for hydroxylation is 1. The summed E-state index contributed by atoms with van der Waals surface area (Å²) in [5.74, 6) is 0.00480. The number of aliphatic hydroxyl groups is 2. The van der Waals surface area contributed by atoms with E-state index in [1.54, 1.807) is 49.2 Å². The van der Waals surface area contributed by atoms with Crippen LogP contribution in [0.4, 0.5) is 11.8 Å². The standard InChI is InChI=1S/C38H47N11O7/c1-19(31(52)48-35-41-11-12-42-35)43-25-16-23-36(2,9-8-26(51)37(23,3)17-50)24(38(25)18-55-38)15-22(44-27-7-5-6-10-40-27)21-13-20(56-33(21)54)14-28-45-29-30(49(28)4)46-34(39)47-32(29)53/h5-7,10-11,13-14,19,22-26,43,50-51H,8-9,12,15-18H2,1-4H3,(H,40,44)(H,42,48,52)(H3,39,46,47,53)/b20-14+/t19?,22?,23?,24?,25?,26-,36+,37+,38?/m1/s1. The molecule has 6 unspecified atom stereocenters. The molecular weight excluding hydrogens is 722 g/mol. The quantitative estimate of drug-likeness (QED) is 0.111. The number of hydrogen-bond acceptors (Lipinski definition) is 15. The van der Waals surface area contributed by atoms with Gasteiger partial charge in [0.2, 0.25) is 17.8 Å². The molecule has 56 heavy (non-hydrogen) atoms. The molecule has 8 rings (SSSR count). The maximum Gasteiger partial charge on any atom is 0.341 e. The van der Waals surface area contributed by atoms with Crippen LogP contribution in [-0.4, -0.2) is 108 Å². The molecule has 2 saturated carbocycles. The lowest BCUT2D eigenvalue weighted by atomic mass is 9.43. The number of anilines is 2. The predicted octanol–water partition coefficient (Wildman–Crippen LogP) is 0.797. The first kappa shape index (κ1) is 37.6. The van der Waals surface area contributed by atoms with Crippen LogP contribution in [0.5, 0.6) is 0 Å². The van der Waals surface area contributed by atoms with Crippen LogP contribution in [0.1, 0.15) is 52.3 Å². The van der Waals surface area contributed by atoms with E-state index in [2.05, 4.69) is 52.8 Å². The molecule has 3 aliphatic heterocycles.